The third-order valence-electron chi connectivity index (χ3n) is 4.26. The van der Waals surface area contributed by atoms with Gasteiger partial charge in [-0.2, -0.15) is 0 Å². The lowest BCUT2D eigenvalue weighted by Gasteiger charge is -2.23. The Morgan fingerprint density at radius 2 is 2.15 bits per heavy atom. The lowest BCUT2D eigenvalue weighted by atomic mass is 10.0. The van der Waals surface area contributed by atoms with Gasteiger partial charge in [0.05, 0.1) is 0 Å². The smallest absolute Gasteiger partial charge is 0.0412 e. The Labute approximate surface area is 124 Å². The second kappa shape index (κ2) is 7.12. The number of aryl methyl sites for hydroxylation is 1. The maximum absolute atomic E-state index is 3.56. The van der Waals surface area contributed by atoms with Gasteiger partial charge in [0.2, 0.25) is 0 Å². The predicted octanol–water partition coefficient (Wildman–Crippen LogP) is 4.12. The molecule has 1 unspecified atom stereocenters. The van der Waals surface area contributed by atoms with Crippen LogP contribution in [0, 0.1) is 12.8 Å². The van der Waals surface area contributed by atoms with Crippen LogP contribution >= 0.6 is 0 Å². The van der Waals surface area contributed by atoms with E-state index in [0.29, 0.717) is 6.04 Å². The molecule has 2 nitrogen and oxygen atoms in total. The van der Waals surface area contributed by atoms with E-state index in [1.807, 2.05) is 0 Å². The molecule has 1 aromatic rings. The summed E-state index contributed by atoms with van der Waals surface area (Å²) in [5.41, 5.74) is 4.26. The SMILES string of the molecule is CCCC1CCN(c2ccc(C)cc2CNC(C)C)C1. The molecule has 1 aromatic carbocycles. The summed E-state index contributed by atoms with van der Waals surface area (Å²) in [6.45, 7) is 12.3. The van der Waals surface area contributed by atoms with Crippen LogP contribution in [0.5, 0.6) is 0 Å². The van der Waals surface area contributed by atoms with Crippen molar-refractivity contribution >= 4 is 5.69 Å². The number of hydrogen-bond acceptors (Lipinski definition) is 2. The topological polar surface area (TPSA) is 15.3 Å². The molecule has 1 aliphatic heterocycles. The van der Waals surface area contributed by atoms with Gasteiger partial charge in [-0.25, -0.2) is 0 Å². The van der Waals surface area contributed by atoms with Crippen molar-refractivity contribution in [2.24, 2.45) is 5.92 Å². The monoisotopic (exact) mass is 274 g/mol. The van der Waals surface area contributed by atoms with Crippen LogP contribution in [0.2, 0.25) is 0 Å². The van der Waals surface area contributed by atoms with Gasteiger partial charge < -0.3 is 10.2 Å². The third-order valence-corrected chi connectivity index (χ3v) is 4.26. The third kappa shape index (κ3) is 3.99. The Bertz CT molecular complexity index is 425. The lowest BCUT2D eigenvalue weighted by molar-refractivity contribution is 0.529. The van der Waals surface area contributed by atoms with Gasteiger partial charge in [0.15, 0.2) is 0 Å². The summed E-state index contributed by atoms with van der Waals surface area (Å²) >= 11 is 0. The van der Waals surface area contributed by atoms with Crippen LogP contribution in [0.3, 0.4) is 0 Å². The van der Waals surface area contributed by atoms with Gasteiger partial charge in [0.25, 0.3) is 0 Å². The van der Waals surface area contributed by atoms with Crippen molar-refractivity contribution in [2.45, 2.75) is 59.5 Å². The summed E-state index contributed by atoms with van der Waals surface area (Å²) in [4.78, 5) is 2.59. The Kier molecular flexibility index (Phi) is 5.47. The van der Waals surface area contributed by atoms with Crippen LogP contribution in [0.1, 0.15) is 51.2 Å². The van der Waals surface area contributed by atoms with Crippen molar-refractivity contribution in [1.82, 2.24) is 5.32 Å². The van der Waals surface area contributed by atoms with E-state index < -0.39 is 0 Å². The van der Waals surface area contributed by atoms with Crippen LogP contribution in [0.15, 0.2) is 18.2 Å². The number of hydrogen-bond donors (Lipinski definition) is 1. The molecule has 2 heteroatoms. The minimum atomic E-state index is 0.537. The van der Waals surface area contributed by atoms with Gasteiger partial charge in [0, 0.05) is 31.4 Å². The highest BCUT2D eigenvalue weighted by Gasteiger charge is 2.23. The molecule has 1 heterocycles. The number of nitrogens with zero attached hydrogens (tertiary/aromatic N) is 1. The molecule has 2 rings (SSSR count). The molecule has 1 N–H and O–H groups in total. The number of anilines is 1. The Morgan fingerprint density at radius 1 is 1.35 bits per heavy atom. The van der Waals surface area contributed by atoms with E-state index in [2.05, 4.69) is 56.1 Å². The second-order valence-electron chi connectivity index (χ2n) is 6.56. The van der Waals surface area contributed by atoms with Gasteiger partial charge in [-0.3, -0.25) is 0 Å². The fourth-order valence-electron chi connectivity index (χ4n) is 3.17. The van der Waals surface area contributed by atoms with Crippen LogP contribution in [0.4, 0.5) is 5.69 Å². The van der Waals surface area contributed by atoms with Crippen LogP contribution in [-0.2, 0) is 6.54 Å². The molecule has 1 aliphatic rings. The van der Waals surface area contributed by atoms with E-state index >= 15 is 0 Å². The normalized spacial score (nSPS) is 19.1. The summed E-state index contributed by atoms with van der Waals surface area (Å²) in [6.07, 6.45) is 4.05. The molecule has 1 saturated heterocycles. The molecule has 1 fully saturated rings. The molecular formula is C18H30N2. The predicted molar refractivity (Wildman–Crippen MR) is 88.4 cm³/mol. The van der Waals surface area contributed by atoms with E-state index in [0.717, 1.165) is 12.5 Å². The molecule has 0 aliphatic carbocycles. The summed E-state index contributed by atoms with van der Waals surface area (Å²) in [7, 11) is 0. The summed E-state index contributed by atoms with van der Waals surface area (Å²) < 4.78 is 0. The first-order valence-corrected chi connectivity index (χ1v) is 8.18. The van der Waals surface area contributed by atoms with Gasteiger partial charge in [-0.05, 0) is 37.3 Å². The molecule has 1 atom stereocenters. The first-order chi connectivity index (χ1) is 9.60. The van der Waals surface area contributed by atoms with Crippen molar-refractivity contribution < 1.29 is 0 Å². The van der Waals surface area contributed by atoms with Crippen LogP contribution < -0.4 is 10.2 Å². The summed E-state index contributed by atoms with van der Waals surface area (Å²) in [5, 5.41) is 3.56. The highest BCUT2D eigenvalue weighted by molar-refractivity contribution is 5.55. The van der Waals surface area contributed by atoms with E-state index in [-0.39, 0.29) is 0 Å². The van der Waals surface area contributed by atoms with Crippen LogP contribution in [0.25, 0.3) is 0 Å². The van der Waals surface area contributed by atoms with E-state index in [1.54, 1.807) is 0 Å². The van der Waals surface area contributed by atoms with Crippen molar-refractivity contribution in [1.29, 1.82) is 0 Å². The van der Waals surface area contributed by atoms with Crippen molar-refractivity contribution in [3.63, 3.8) is 0 Å². The molecule has 0 amide bonds. The van der Waals surface area contributed by atoms with Crippen molar-refractivity contribution in [3.05, 3.63) is 29.3 Å². The zero-order chi connectivity index (χ0) is 14.5. The Hall–Kier alpha value is -1.02. The second-order valence-corrected chi connectivity index (χ2v) is 6.56. The molecule has 0 spiro atoms. The fraction of sp³-hybridized carbons (Fsp3) is 0.667. The molecule has 0 aromatic heterocycles. The quantitative estimate of drug-likeness (QED) is 0.839. The molecule has 112 valence electrons. The summed E-state index contributed by atoms with van der Waals surface area (Å²) in [6, 6.07) is 7.45. The van der Waals surface area contributed by atoms with Gasteiger partial charge in [0.1, 0.15) is 0 Å². The molecule has 0 saturated carbocycles. The minimum Gasteiger partial charge on any atom is -0.371 e. The summed E-state index contributed by atoms with van der Waals surface area (Å²) in [5.74, 6) is 0.896. The van der Waals surface area contributed by atoms with E-state index in [4.69, 9.17) is 0 Å². The number of benzene rings is 1. The Morgan fingerprint density at radius 3 is 2.85 bits per heavy atom. The zero-order valence-corrected chi connectivity index (χ0v) is 13.6. The fourth-order valence-corrected chi connectivity index (χ4v) is 3.17. The number of nitrogens with one attached hydrogen (secondary N) is 1. The average Bonchev–Trinajstić information content (AvgIpc) is 2.85. The highest BCUT2D eigenvalue weighted by atomic mass is 15.2. The van der Waals surface area contributed by atoms with Crippen LogP contribution in [-0.4, -0.2) is 19.1 Å². The maximum atomic E-state index is 3.56. The highest BCUT2D eigenvalue weighted by Crippen LogP contribution is 2.29. The first-order valence-electron chi connectivity index (χ1n) is 8.18. The zero-order valence-electron chi connectivity index (χ0n) is 13.6. The average molecular weight is 274 g/mol. The molecule has 0 radical (unpaired) electrons. The van der Waals surface area contributed by atoms with Gasteiger partial charge >= 0.3 is 0 Å². The van der Waals surface area contributed by atoms with E-state index in [9.17, 15) is 0 Å². The maximum Gasteiger partial charge on any atom is 0.0412 e. The lowest BCUT2D eigenvalue weighted by Crippen LogP contribution is -2.25. The van der Waals surface area contributed by atoms with E-state index in [1.165, 1.54) is 49.2 Å². The number of rotatable bonds is 6. The van der Waals surface area contributed by atoms with Gasteiger partial charge in [-0.1, -0.05) is 44.9 Å². The molecule has 20 heavy (non-hydrogen) atoms. The standard InChI is InChI=1S/C18H30N2/c1-5-6-16-9-10-20(13-16)18-8-7-15(4)11-17(18)12-19-14(2)3/h7-8,11,14,16,19H,5-6,9-10,12-13H2,1-4H3. The van der Waals surface area contributed by atoms with Gasteiger partial charge in [-0.15, -0.1) is 0 Å². The Balaban J connectivity index is 2.10. The van der Waals surface area contributed by atoms with Crippen molar-refractivity contribution in [3.8, 4) is 0 Å². The first kappa shape index (κ1) is 15.4. The van der Waals surface area contributed by atoms with Crippen molar-refractivity contribution in [2.75, 3.05) is 18.0 Å². The molecule has 0 bridgehead atoms. The minimum absolute atomic E-state index is 0.537. The molecular weight excluding hydrogens is 244 g/mol. The largest absolute Gasteiger partial charge is 0.371 e.